The Labute approximate surface area is 70.2 Å². The Bertz CT molecular complexity index is 162. The normalized spacial score (nSPS) is 48.2. The van der Waals surface area contributed by atoms with Crippen molar-refractivity contribution in [2.45, 2.75) is 30.8 Å². The molecule has 0 aromatic carbocycles. The Morgan fingerprint density at radius 2 is 1.92 bits per heavy atom. The lowest BCUT2D eigenvalue weighted by atomic mass is 9.98. The molecule has 4 atom stereocenters. The van der Waals surface area contributed by atoms with Gasteiger partial charge < -0.3 is 25.2 Å². The predicted octanol–water partition coefficient (Wildman–Crippen LogP) is -2.15. The number of rotatable bonds is 2. The topological polar surface area (TPSA) is 90.2 Å². The number of ether oxygens (including phenoxy) is 1. The van der Waals surface area contributed by atoms with Gasteiger partial charge in [0.2, 0.25) is 0 Å². The van der Waals surface area contributed by atoms with Gasteiger partial charge in [0, 0.05) is 0 Å². The monoisotopic (exact) mass is 178 g/mol. The van der Waals surface area contributed by atoms with Crippen LogP contribution in [0, 0.1) is 0 Å². The summed E-state index contributed by atoms with van der Waals surface area (Å²) in [5, 5.41) is 36.2. The minimum atomic E-state index is -1.16. The van der Waals surface area contributed by atoms with Crippen LogP contribution in [-0.2, 0) is 4.74 Å². The molecule has 1 aliphatic heterocycles. The summed E-state index contributed by atoms with van der Waals surface area (Å²) in [7, 11) is 0. The molecule has 0 radical (unpaired) electrons. The summed E-state index contributed by atoms with van der Waals surface area (Å²) >= 11 is 0. The van der Waals surface area contributed by atoms with Crippen LogP contribution >= 0.6 is 0 Å². The van der Waals surface area contributed by atoms with Crippen LogP contribution in [0.3, 0.4) is 0 Å². The van der Waals surface area contributed by atoms with E-state index in [4.69, 9.17) is 14.9 Å². The first kappa shape index (κ1) is 9.88. The van der Waals surface area contributed by atoms with E-state index in [1.807, 2.05) is 0 Å². The Hall–Kier alpha value is -0.200. The van der Waals surface area contributed by atoms with E-state index in [0.717, 1.165) is 0 Å². The molecule has 1 fully saturated rings. The number of aliphatic hydroxyl groups excluding tert-OH is 4. The first-order valence-corrected chi connectivity index (χ1v) is 3.81. The van der Waals surface area contributed by atoms with Crippen LogP contribution in [0.1, 0.15) is 6.92 Å². The summed E-state index contributed by atoms with van der Waals surface area (Å²) in [6.07, 6.45) is -3.09. The Balaban J connectivity index is 2.72. The molecule has 0 spiro atoms. The van der Waals surface area contributed by atoms with Gasteiger partial charge in [-0.2, -0.15) is 0 Å². The molecular formula is C7H14O5. The van der Waals surface area contributed by atoms with Gasteiger partial charge in [0.25, 0.3) is 0 Å². The first-order chi connectivity index (χ1) is 5.55. The molecule has 1 saturated heterocycles. The van der Waals surface area contributed by atoms with Crippen LogP contribution in [-0.4, -0.2) is 57.6 Å². The first-order valence-electron chi connectivity index (χ1n) is 3.81. The van der Waals surface area contributed by atoms with Gasteiger partial charge in [-0.15, -0.1) is 0 Å². The molecule has 0 aromatic rings. The molecule has 0 bridgehead atoms. The highest BCUT2D eigenvalue weighted by Gasteiger charge is 2.50. The zero-order valence-electron chi connectivity index (χ0n) is 6.84. The predicted molar refractivity (Wildman–Crippen MR) is 39.5 cm³/mol. The Kier molecular flexibility index (Phi) is 2.70. The van der Waals surface area contributed by atoms with Gasteiger partial charge >= 0.3 is 0 Å². The van der Waals surface area contributed by atoms with Gasteiger partial charge in [0.05, 0.1) is 13.2 Å². The molecule has 5 nitrogen and oxygen atoms in total. The molecule has 4 N–H and O–H groups in total. The Morgan fingerprint density at radius 3 is 2.17 bits per heavy atom. The number of hydrogen-bond acceptors (Lipinski definition) is 5. The largest absolute Gasteiger partial charge is 0.394 e. The van der Waals surface area contributed by atoms with Crippen LogP contribution in [0.25, 0.3) is 0 Å². The van der Waals surface area contributed by atoms with E-state index < -0.39 is 23.9 Å². The molecule has 12 heavy (non-hydrogen) atoms. The minimum absolute atomic E-state index is 0.367. The van der Waals surface area contributed by atoms with Crippen molar-refractivity contribution in [3.63, 3.8) is 0 Å². The van der Waals surface area contributed by atoms with Gasteiger partial charge in [0.1, 0.15) is 23.9 Å². The summed E-state index contributed by atoms with van der Waals surface area (Å²) < 4.78 is 5.07. The molecule has 1 aliphatic rings. The van der Waals surface area contributed by atoms with Crippen LogP contribution in [0.15, 0.2) is 0 Å². The third kappa shape index (κ3) is 1.34. The molecule has 0 amide bonds. The van der Waals surface area contributed by atoms with E-state index in [1.54, 1.807) is 0 Å². The second-order valence-corrected chi connectivity index (χ2v) is 3.25. The van der Waals surface area contributed by atoms with Gasteiger partial charge in [0.15, 0.2) is 0 Å². The van der Waals surface area contributed by atoms with Crippen LogP contribution in [0.4, 0.5) is 0 Å². The number of hydrogen-bond donors (Lipinski definition) is 4. The van der Waals surface area contributed by atoms with Crippen LogP contribution in [0.2, 0.25) is 0 Å². The van der Waals surface area contributed by atoms with E-state index in [2.05, 4.69) is 0 Å². The van der Waals surface area contributed by atoms with Crippen molar-refractivity contribution >= 4 is 0 Å². The van der Waals surface area contributed by atoms with Crippen molar-refractivity contribution in [1.82, 2.24) is 0 Å². The third-order valence-electron chi connectivity index (χ3n) is 2.24. The highest BCUT2D eigenvalue weighted by atomic mass is 16.6. The van der Waals surface area contributed by atoms with Crippen LogP contribution in [0.5, 0.6) is 0 Å². The maximum absolute atomic E-state index is 9.37. The standard InChI is InChI=1S/C7H14O5/c1-7(3-9)6(11)5(10)4(2-8)12-7/h4-6,8-11H,2-3H2,1H3/t4-,5+,6+,7+/m1/s1. The summed E-state index contributed by atoms with van der Waals surface area (Å²) in [4.78, 5) is 0. The fourth-order valence-electron chi connectivity index (χ4n) is 1.33. The van der Waals surface area contributed by atoms with E-state index >= 15 is 0 Å². The molecule has 5 heteroatoms. The molecule has 0 aliphatic carbocycles. The average Bonchev–Trinajstić information content (AvgIpc) is 2.31. The van der Waals surface area contributed by atoms with Gasteiger partial charge in [-0.25, -0.2) is 0 Å². The fraction of sp³-hybridized carbons (Fsp3) is 1.00. The Morgan fingerprint density at radius 1 is 1.33 bits per heavy atom. The lowest BCUT2D eigenvalue weighted by Gasteiger charge is -2.24. The van der Waals surface area contributed by atoms with Gasteiger partial charge in [-0.3, -0.25) is 0 Å². The summed E-state index contributed by atoms with van der Waals surface area (Å²) in [5.41, 5.74) is -1.16. The average molecular weight is 178 g/mol. The summed E-state index contributed by atoms with van der Waals surface area (Å²) in [5.74, 6) is 0. The van der Waals surface area contributed by atoms with Crippen molar-refractivity contribution in [2.75, 3.05) is 13.2 Å². The molecule has 72 valence electrons. The van der Waals surface area contributed by atoms with Crippen molar-refractivity contribution in [3.8, 4) is 0 Å². The lowest BCUT2D eigenvalue weighted by molar-refractivity contribution is -0.106. The van der Waals surface area contributed by atoms with Gasteiger partial charge in [-0.05, 0) is 6.92 Å². The fourth-order valence-corrected chi connectivity index (χ4v) is 1.33. The highest BCUT2D eigenvalue weighted by Crippen LogP contribution is 2.30. The summed E-state index contributed by atoms with van der Waals surface area (Å²) in [6, 6.07) is 0. The van der Waals surface area contributed by atoms with E-state index in [0.29, 0.717) is 0 Å². The second kappa shape index (κ2) is 3.27. The molecular weight excluding hydrogens is 164 g/mol. The van der Waals surface area contributed by atoms with E-state index in [9.17, 15) is 10.2 Å². The van der Waals surface area contributed by atoms with Crippen molar-refractivity contribution in [3.05, 3.63) is 0 Å². The minimum Gasteiger partial charge on any atom is -0.394 e. The second-order valence-electron chi connectivity index (χ2n) is 3.25. The van der Waals surface area contributed by atoms with Crippen LogP contribution < -0.4 is 0 Å². The van der Waals surface area contributed by atoms with Crippen molar-refractivity contribution < 1.29 is 25.2 Å². The molecule has 0 unspecified atom stereocenters. The molecule has 0 aromatic heterocycles. The van der Waals surface area contributed by atoms with Gasteiger partial charge in [-0.1, -0.05) is 0 Å². The van der Waals surface area contributed by atoms with Crippen molar-refractivity contribution in [1.29, 1.82) is 0 Å². The number of aliphatic hydroxyl groups is 4. The lowest BCUT2D eigenvalue weighted by Crippen LogP contribution is -2.43. The van der Waals surface area contributed by atoms with E-state index in [1.165, 1.54) is 6.92 Å². The zero-order chi connectivity index (χ0) is 9.35. The maximum Gasteiger partial charge on any atom is 0.117 e. The third-order valence-corrected chi connectivity index (χ3v) is 2.24. The van der Waals surface area contributed by atoms with E-state index in [-0.39, 0.29) is 13.2 Å². The quantitative estimate of drug-likeness (QED) is 0.387. The zero-order valence-corrected chi connectivity index (χ0v) is 6.84. The SMILES string of the molecule is C[C@@]1(CO)O[C@H](CO)[C@H](O)[C@@H]1O. The highest BCUT2D eigenvalue weighted by molar-refractivity contribution is 4.98. The molecule has 0 saturated carbocycles. The maximum atomic E-state index is 9.37. The molecule has 1 rings (SSSR count). The summed E-state index contributed by atoms with van der Waals surface area (Å²) in [6.45, 7) is 0.728. The molecule has 1 heterocycles. The van der Waals surface area contributed by atoms with Crippen molar-refractivity contribution in [2.24, 2.45) is 0 Å². The smallest absolute Gasteiger partial charge is 0.117 e.